The van der Waals surface area contributed by atoms with Crippen molar-refractivity contribution in [2.45, 2.75) is 57.3 Å². The lowest BCUT2D eigenvalue weighted by atomic mass is 9.69. The van der Waals surface area contributed by atoms with E-state index in [4.69, 9.17) is 16.3 Å². The molecule has 5 nitrogen and oxygen atoms in total. The summed E-state index contributed by atoms with van der Waals surface area (Å²) in [5.74, 6) is 2.29. The van der Waals surface area contributed by atoms with Gasteiger partial charge < -0.3 is 18.2 Å². The van der Waals surface area contributed by atoms with Gasteiger partial charge in [-0.05, 0) is 98.2 Å². The summed E-state index contributed by atoms with van der Waals surface area (Å²) in [5, 5.41) is 0.785. The molecule has 1 spiro atoms. The highest BCUT2D eigenvalue weighted by Gasteiger charge is 2.43. The zero-order valence-corrected chi connectivity index (χ0v) is 23.6. The average molecular weight is 552 g/mol. The summed E-state index contributed by atoms with van der Waals surface area (Å²) in [6, 6.07) is 11.9. The average Bonchev–Trinajstić information content (AvgIpc) is 3.02. The Morgan fingerprint density at radius 1 is 1.11 bits per heavy atom. The number of nitrogens with zero attached hydrogens (tertiary/aromatic N) is 2. The van der Waals surface area contributed by atoms with Crippen LogP contribution in [0.4, 0.5) is 5.69 Å². The van der Waals surface area contributed by atoms with Crippen LogP contribution in [0.2, 0.25) is 5.02 Å². The van der Waals surface area contributed by atoms with Gasteiger partial charge in [0.2, 0.25) is 0 Å². The van der Waals surface area contributed by atoms with Crippen molar-refractivity contribution in [1.29, 1.82) is 0 Å². The van der Waals surface area contributed by atoms with E-state index in [0.717, 1.165) is 61.7 Å². The highest BCUT2D eigenvalue weighted by molar-refractivity contribution is 7.75. The quantitative estimate of drug-likeness (QED) is 0.258. The molecule has 7 heteroatoms. The van der Waals surface area contributed by atoms with Crippen molar-refractivity contribution in [3.8, 4) is 5.75 Å². The third-order valence-electron chi connectivity index (χ3n) is 9.07. The molecular formula is C31H36ClN2O3S-. The van der Waals surface area contributed by atoms with E-state index in [1.165, 1.54) is 24.0 Å². The maximum Gasteiger partial charge on any atom is 0.254 e. The first-order valence-corrected chi connectivity index (χ1v) is 15.7. The van der Waals surface area contributed by atoms with E-state index >= 15 is 0 Å². The smallest absolute Gasteiger partial charge is 0.254 e. The molecule has 6 rings (SSSR count). The number of allylic oxidation sites excluding steroid dienone is 2. The molecule has 0 aromatic heterocycles. The van der Waals surface area contributed by atoms with Crippen LogP contribution in [0.3, 0.4) is 0 Å². The molecule has 2 heterocycles. The van der Waals surface area contributed by atoms with Crippen LogP contribution in [0.15, 0.2) is 52.9 Å². The molecule has 0 saturated heterocycles. The molecular weight excluding hydrogens is 516 g/mol. The number of carbonyl (C=O) groups is 1. The summed E-state index contributed by atoms with van der Waals surface area (Å²) < 4.78 is 23.3. The topological polar surface area (TPSA) is 59.0 Å². The number of amides is 1. The first-order chi connectivity index (χ1) is 18.4. The van der Waals surface area contributed by atoms with Gasteiger partial charge in [-0.15, -0.1) is 0 Å². The van der Waals surface area contributed by atoms with Gasteiger partial charge in [0.25, 0.3) is 5.91 Å². The van der Waals surface area contributed by atoms with Crippen molar-refractivity contribution in [2.24, 2.45) is 22.1 Å². The fourth-order valence-corrected chi connectivity index (χ4v) is 7.99. The fraction of sp³-hybridized carbons (Fsp3) is 0.516. The second-order valence-electron chi connectivity index (χ2n) is 11.8. The monoisotopic (exact) mass is 551 g/mol. The van der Waals surface area contributed by atoms with Crippen LogP contribution >= 0.6 is 11.6 Å². The molecule has 0 unspecified atom stereocenters. The van der Waals surface area contributed by atoms with Gasteiger partial charge in [-0.2, -0.15) is 10.6 Å². The fourth-order valence-electron chi connectivity index (χ4n) is 6.81. The lowest BCUT2D eigenvalue weighted by molar-refractivity contribution is 0.100. The summed E-state index contributed by atoms with van der Waals surface area (Å²) in [4.78, 5) is 15.6. The summed E-state index contributed by atoms with van der Waals surface area (Å²) in [5.41, 5.74) is 3.96. The minimum absolute atomic E-state index is 0.136. The first-order valence-electron chi connectivity index (χ1n) is 14.0. The van der Waals surface area contributed by atoms with Gasteiger partial charge in [-0.1, -0.05) is 48.4 Å². The Morgan fingerprint density at radius 3 is 2.79 bits per heavy atom. The van der Waals surface area contributed by atoms with Crippen LogP contribution in [0, 0.1) is 17.8 Å². The van der Waals surface area contributed by atoms with Crippen LogP contribution in [0.1, 0.15) is 66.9 Å². The Morgan fingerprint density at radius 2 is 1.95 bits per heavy atom. The first kappa shape index (κ1) is 25.9. The maximum atomic E-state index is 13.1. The minimum atomic E-state index is -1.54. The van der Waals surface area contributed by atoms with Crippen molar-refractivity contribution >= 4 is 33.8 Å². The number of benzene rings is 2. The summed E-state index contributed by atoms with van der Waals surface area (Å²) >= 11 is 6.39. The summed E-state index contributed by atoms with van der Waals surface area (Å²) in [6.45, 7) is 4.45. The number of fused-ring (bicyclic) bond motifs is 4. The van der Waals surface area contributed by atoms with Crippen molar-refractivity contribution < 1.29 is 13.7 Å². The highest BCUT2D eigenvalue weighted by Crippen LogP contribution is 2.46. The van der Waals surface area contributed by atoms with Crippen LogP contribution < -0.4 is 9.64 Å². The van der Waals surface area contributed by atoms with E-state index in [1.807, 2.05) is 18.2 Å². The Labute approximate surface area is 232 Å². The lowest BCUT2D eigenvalue weighted by Gasteiger charge is -2.44. The van der Waals surface area contributed by atoms with E-state index in [1.54, 1.807) is 6.07 Å². The number of hydrogen-bond donors (Lipinski definition) is 0. The van der Waals surface area contributed by atoms with Crippen molar-refractivity contribution in [3.63, 3.8) is 0 Å². The molecule has 1 amide bonds. The molecule has 1 fully saturated rings. The minimum Gasteiger partial charge on any atom is -0.490 e. The van der Waals surface area contributed by atoms with E-state index in [9.17, 15) is 9.00 Å². The second kappa shape index (κ2) is 10.7. The molecule has 202 valence electrons. The van der Waals surface area contributed by atoms with Gasteiger partial charge in [-0.25, -0.2) is 0 Å². The third kappa shape index (κ3) is 5.14. The molecule has 2 aromatic rings. The molecule has 2 aliphatic heterocycles. The zero-order valence-electron chi connectivity index (χ0n) is 22.0. The lowest BCUT2D eigenvalue weighted by Crippen LogP contribution is -2.48. The van der Waals surface area contributed by atoms with Gasteiger partial charge in [0, 0.05) is 29.1 Å². The summed E-state index contributed by atoms with van der Waals surface area (Å²) in [7, 11) is -1.54. The SMILES string of the molecule is C[C@H]1C/C=C/C[C@@H]2CC[C@H]2CN2C[C@@]3(CCCc4cc(Cl)ccc43)COc3ccc(cc32)C(=O)N=[S-](=O)C1. The number of anilines is 1. The largest absolute Gasteiger partial charge is 0.490 e. The van der Waals surface area contributed by atoms with E-state index in [0.29, 0.717) is 29.8 Å². The molecule has 4 aliphatic rings. The molecule has 0 N–H and O–H groups in total. The van der Waals surface area contributed by atoms with Gasteiger partial charge in [-0.3, -0.25) is 4.79 Å². The molecule has 2 bridgehead atoms. The number of ether oxygens (including phenoxy) is 1. The number of aryl methyl sites for hydroxylation is 1. The van der Waals surface area contributed by atoms with E-state index < -0.39 is 16.5 Å². The Hall–Kier alpha value is -2.31. The van der Waals surface area contributed by atoms with Gasteiger partial charge in [0.15, 0.2) is 0 Å². The third-order valence-corrected chi connectivity index (χ3v) is 10.5. The standard InChI is InChI=1S/C31H36ClN2O3S/c1-21-5-2-3-6-22-8-9-25(22)17-34-19-31(14-4-7-23-15-26(32)11-12-27(23)31)20-37-29-13-10-24(16-28(29)34)30(35)33-38(36)18-21/h2-3,10-13,15-16,21-22,25H,4-9,14,17-20H2,1H3/q-1/b3-2+/t21-,22+,25-,31-/m0/s1. The predicted octanol–water partition coefficient (Wildman–Crippen LogP) is 7.11. The number of hydrogen-bond acceptors (Lipinski definition) is 5. The molecule has 1 saturated carbocycles. The van der Waals surface area contributed by atoms with Crippen molar-refractivity contribution in [3.05, 3.63) is 70.3 Å². The molecule has 4 atom stereocenters. The number of halogens is 1. The van der Waals surface area contributed by atoms with E-state index in [-0.39, 0.29) is 11.3 Å². The molecule has 0 radical (unpaired) electrons. The normalized spacial score (nSPS) is 30.7. The Balaban J connectivity index is 1.41. The van der Waals surface area contributed by atoms with Crippen molar-refractivity contribution in [2.75, 3.05) is 30.3 Å². The van der Waals surface area contributed by atoms with E-state index in [2.05, 4.69) is 40.5 Å². The number of rotatable bonds is 0. The molecule has 2 aromatic carbocycles. The molecule has 38 heavy (non-hydrogen) atoms. The highest BCUT2D eigenvalue weighted by atomic mass is 35.5. The number of carbonyl (C=O) groups excluding carboxylic acids is 1. The molecule has 2 aliphatic carbocycles. The van der Waals surface area contributed by atoms with Crippen LogP contribution in [-0.2, 0) is 26.6 Å². The summed E-state index contributed by atoms with van der Waals surface area (Å²) in [6.07, 6.45) is 12.2. The Bertz CT molecular complexity index is 1350. The second-order valence-corrected chi connectivity index (χ2v) is 13.4. The van der Waals surface area contributed by atoms with Crippen LogP contribution in [0.5, 0.6) is 5.75 Å². The van der Waals surface area contributed by atoms with Crippen LogP contribution in [0.25, 0.3) is 0 Å². The Kier molecular flexibility index (Phi) is 7.30. The van der Waals surface area contributed by atoms with Gasteiger partial charge in [0.1, 0.15) is 5.75 Å². The van der Waals surface area contributed by atoms with Gasteiger partial charge in [0.05, 0.1) is 12.3 Å². The predicted molar refractivity (Wildman–Crippen MR) is 154 cm³/mol. The van der Waals surface area contributed by atoms with Gasteiger partial charge >= 0.3 is 0 Å². The van der Waals surface area contributed by atoms with Crippen LogP contribution in [-0.4, -0.2) is 31.4 Å². The maximum absolute atomic E-state index is 13.1. The van der Waals surface area contributed by atoms with Crippen molar-refractivity contribution in [1.82, 2.24) is 0 Å². The zero-order chi connectivity index (χ0) is 26.3.